The molecule has 0 spiro atoms. The number of methoxy groups -OCH3 is 1. The molecule has 0 atom stereocenters. The van der Waals surface area contributed by atoms with E-state index in [-0.39, 0.29) is 16.5 Å². The van der Waals surface area contributed by atoms with Crippen LogP contribution in [0, 0.1) is 0 Å². The standard InChI is InChI=1S/C22H18ClN3O5/c1-13(27)25-16-5-3-4-15(10-16)21(28)26-24-12-17-7-9-20(31-17)14-6-8-19(23)18(11-14)22(29)30-2/h3-12H,1-2H3,(H,25,27)(H,26,28). The fourth-order valence-corrected chi connectivity index (χ4v) is 2.88. The van der Waals surface area contributed by atoms with Crippen LogP contribution in [-0.4, -0.2) is 31.1 Å². The lowest BCUT2D eigenvalue weighted by atomic mass is 10.1. The zero-order valence-corrected chi connectivity index (χ0v) is 17.4. The van der Waals surface area contributed by atoms with Crippen molar-refractivity contribution < 1.29 is 23.5 Å². The first-order valence-corrected chi connectivity index (χ1v) is 9.44. The first kappa shape index (κ1) is 21.8. The minimum Gasteiger partial charge on any atom is -0.465 e. The Morgan fingerprint density at radius 3 is 2.65 bits per heavy atom. The van der Waals surface area contributed by atoms with Gasteiger partial charge in [0, 0.05) is 23.7 Å². The summed E-state index contributed by atoms with van der Waals surface area (Å²) in [6.45, 7) is 1.38. The van der Waals surface area contributed by atoms with Crippen LogP contribution in [0.5, 0.6) is 0 Å². The van der Waals surface area contributed by atoms with E-state index in [9.17, 15) is 14.4 Å². The zero-order valence-electron chi connectivity index (χ0n) is 16.6. The number of furan rings is 1. The van der Waals surface area contributed by atoms with E-state index in [1.165, 1.54) is 26.3 Å². The Labute approximate surface area is 182 Å². The lowest BCUT2D eigenvalue weighted by Gasteiger charge is -2.04. The number of rotatable bonds is 6. The predicted octanol–water partition coefficient (Wildman–Crippen LogP) is 4.11. The van der Waals surface area contributed by atoms with Crippen LogP contribution in [0.25, 0.3) is 11.3 Å². The molecule has 0 aliphatic heterocycles. The molecule has 2 aromatic carbocycles. The van der Waals surface area contributed by atoms with E-state index in [2.05, 4.69) is 15.8 Å². The van der Waals surface area contributed by atoms with Crippen molar-refractivity contribution in [3.63, 3.8) is 0 Å². The molecule has 3 aromatic rings. The van der Waals surface area contributed by atoms with Crippen molar-refractivity contribution >= 4 is 41.3 Å². The number of ether oxygens (including phenoxy) is 1. The van der Waals surface area contributed by atoms with Crippen LogP contribution in [-0.2, 0) is 9.53 Å². The molecule has 0 bridgehead atoms. The van der Waals surface area contributed by atoms with E-state index < -0.39 is 11.9 Å². The molecule has 3 rings (SSSR count). The van der Waals surface area contributed by atoms with Crippen LogP contribution in [0.1, 0.15) is 33.4 Å². The second kappa shape index (κ2) is 9.73. The topological polar surface area (TPSA) is 110 Å². The van der Waals surface area contributed by atoms with Gasteiger partial charge in [0.05, 0.1) is 23.9 Å². The Morgan fingerprint density at radius 2 is 1.90 bits per heavy atom. The highest BCUT2D eigenvalue weighted by Crippen LogP contribution is 2.27. The predicted molar refractivity (Wildman–Crippen MR) is 116 cm³/mol. The number of nitrogens with zero attached hydrogens (tertiary/aromatic N) is 1. The van der Waals surface area contributed by atoms with Gasteiger partial charge in [-0.25, -0.2) is 10.2 Å². The van der Waals surface area contributed by atoms with Crippen molar-refractivity contribution in [2.75, 3.05) is 12.4 Å². The molecule has 0 radical (unpaired) electrons. The summed E-state index contributed by atoms with van der Waals surface area (Å²) in [5, 5.41) is 6.77. The van der Waals surface area contributed by atoms with Gasteiger partial charge in [0.1, 0.15) is 11.5 Å². The average molecular weight is 440 g/mol. The molecule has 0 aliphatic carbocycles. The number of benzene rings is 2. The van der Waals surface area contributed by atoms with Gasteiger partial charge >= 0.3 is 5.97 Å². The normalized spacial score (nSPS) is 10.7. The van der Waals surface area contributed by atoms with Crippen LogP contribution in [0.2, 0.25) is 5.02 Å². The van der Waals surface area contributed by atoms with Gasteiger partial charge in [-0.2, -0.15) is 5.10 Å². The lowest BCUT2D eigenvalue weighted by molar-refractivity contribution is -0.114. The Bertz CT molecular complexity index is 1170. The van der Waals surface area contributed by atoms with Crippen LogP contribution >= 0.6 is 11.6 Å². The van der Waals surface area contributed by atoms with E-state index in [1.54, 1.807) is 48.5 Å². The maximum Gasteiger partial charge on any atom is 0.339 e. The number of amides is 2. The third-order valence-electron chi connectivity index (χ3n) is 4.09. The maximum atomic E-state index is 12.2. The van der Waals surface area contributed by atoms with Crippen molar-refractivity contribution in [1.82, 2.24) is 5.43 Å². The second-order valence-corrected chi connectivity index (χ2v) is 6.76. The van der Waals surface area contributed by atoms with E-state index >= 15 is 0 Å². The van der Waals surface area contributed by atoms with Gasteiger partial charge in [0.2, 0.25) is 5.91 Å². The summed E-state index contributed by atoms with van der Waals surface area (Å²) in [6, 6.07) is 14.7. The van der Waals surface area contributed by atoms with Gasteiger partial charge in [-0.3, -0.25) is 9.59 Å². The first-order valence-electron chi connectivity index (χ1n) is 9.06. The number of halogens is 1. The lowest BCUT2D eigenvalue weighted by Crippen LogP contribution is -2.18. The summed E-state index contributed by atoms with van der Waals surface area (Å²) < 4.78 is 10.4. The SMILES string of the molecule is COC(=O)c1cc(-c2ccc(C=NNC(=O)c3cccc(NC(C)=O)c3)o2)ccc1Cl. The van der Waals surface area contributed by atoms with E-state index in [0.29, 0.717) is 28.3 Å². The fraction of sp³-hybridized carbons (Fsp3) is 0.0909. The van der Waals surface area contributed by atoms with E-state index in [4.69, 9.17) is 20.8 Å². The van der Waals surface area contributed by atoms with Crippen LogP contribution in [0.15, 0.2) is 64.1 Å². The molecule has 2 amide bonds. The van der Waals surface area contributed by atoms with Crippen LogP contribution in [0.3, 0.4) is 0 Å². The molecule has 31 heavy (non-hydrogen) atoms. The molecule has 2 N–H and O–H groups in total. The Balaban J connectivity index is 1.68. The molecular weight excluding hydrogens is 422 g/mol. The number of anilines is 1. The molecule has 0 fully saturated rings. The van der Waals surface area contributed by atoms with Crippen molar-refractivity contribution in [3.05, 3.63) is 76.5 Å². The van der Waals surface area contributed by atoms with Gasteiger partial charge in [0.25, 0.3) is 5.91 Å². The molecule has 8 nitrogen and oxygen atoms in total. The Morgan fingerprint density at radius 1 is 1.10 bits per heavy atom. The summed E-state index contributed by atoms with van der Waals surface area (Å²) in [5.41, 5.74) is 4.09. The smallest absolute Gasteiger partial charge is 0.339 e. The zero-order chi connectivity index (χ0) is 22.4. The molecule has 0 unspecified atom stereocenters. The van der Waals surface area contributed by atoms with Gasteiger partial charge in [-0.15, -0.1) is 0 Å². The summed E-state index contributed by atoms with van der Waals surface area (Å²) in [5.74, 6) is -0.362. The molecule has 0 aliphatic rings. The van der Waals surface area contributed by atoms with Crippen molar-refractivity contribution in [3.8, 4) is 11.3 Å². The van der Waals surface area contributed by atoms with Gasteiger partial charge < -0.3 is 14.5 Å². The molecule has 0 saturated carbocycles. The highest BCUT2D eigenvalue weighted by atomic mass is 35.5. The molecular formula is C22H18ClN3O5. The summed E-state index contributed by atoms with van der Waals surface area (Å²) >= 11 is 6.03. The highest BCUT2D eigenvalue weighted by Gasteiger charge is 2.14. The van der Waals surface area contributed by atoms with Crippen molar-refractivity contribution in [2.24, 2.45) is 5.10 Å². The molecule has 1 aromatic heterocycles. The van der Waals surface area contributed by atoms with Gasteiger partial charge in [0.15, 0.2) is 0 Å². The Hall–Kier alpha value is -3.91. The summed E-state index contributed by atoms with van der Waals surface area (Å²) in [6.07, 6.45) is 1.34. The minimum absolute atomic E-state index is 0.224. The van der Waals surface area contributed by atoms with Crippen LogP contribution in [0.4, 0.5) is 5.69 Å². The largest absolute Gasteiger partial charge is 0.465 e. The summed E-state index contributed by atoms with van der Waals surface area (Å²) in [7, 11) is 1.27. The second-order valence-electron chi connectivity index (χ2n) is 6.35. The third-order valence-corrected chi connectivity index (χ3v) is 4.42. The number of carbonyl (C=O) groups is 3. The third kappa shape index (κ3) is 5.58. The van der Waals surface area contributed by atoms with Crippen LogP contribution < -0.4 is 10.7 Å². The quantitative estimate of drug-likeness (QED) is 0.341. The number of hydrogen-bond acceptors (Lipinski definition) is 6. The molecule has 1 heterocycles. The summed E-state index contributed by atoms with van der Waals surface area (Å²) in [4.78, 5) is 35.2. The van der Waals surface area contributed by atoms with Gasteiger partial charge in [-0.05, 0) is 48.5 Å². The Kier molecular flexibility index (Phi) is 6.84. The van der Waals surface area contributed by atoms with E-state index in [0.717, 1.165) is 0 Å². The highest BCUT2D eigenvalue weighted by molar-refractivity contribution is 6.33. The number of carbonyl (C=O) groups excluding carboxylic acids is 3. The maximum absolute atomic E-state index is 12.2. The van der Waals surface area contributed by atoms with E-state index in [1.807, 2.05) is 0 Å². The monoisotopic (exact) mass is 439 g/mol. The number of nitrogens with one attached hydrogen (secondary N) is 2. The first-order chi connectivity index (χ1) is 14.9. The average Bonchev–Trinajstić information content (AvgIpc) is 3.22. The minimum atomic E-state index is -0.550. The number of hydrazone groups is 1. The fourth-order valence-electron chi connectivity index (χ4n) is 2.68. The molecule has 0 saturated heterocycles. The number of hydrogen-bond donors (Lipinski definition) is 2. The molecule has 158 valence electrons. The van der Waals surface area contributed by atoms with Gasteiger partial charge in [-0.1, -0.05) is 17.7 Å². The van der Waals surface area contributed by atoms with Crippen molar-refractivity contribution in [2.45, 2.75) is 6.92 Å². The van der Waals surface area contributed by atoms with Crippen molar-refractivity contribution in [1.29, 1.82) is 0 Å². The molecule has 9 heteroatoms. The number of esters is 1.